The van der Waals surface area contributed by atoms with E-state index in [0.29, 0.717) is 5.71 Å². The fraction of sp³-hybridized carbons (Fsp3) is 0.385. The van der Waals surface area contributed by atoms with E-state index in [9.17, 15) is 23.3 Å². The van der Waals surface area contributed by atoms with Gasteiger partial charge in [-0.2, -0.15) is 5.10 Å². The van der Waals surface area contributed by atoms with Crippen LogP contribution in [0.5, 0.6) is 0 Å². The first kappa shape index (κ1) is 18.7. The third-order valence-electron chi connectivity index (χ3n) is 2.95. The summed E-state index contributed by atoms with van der Waals surface area (Å²) in [5.74, 6) is -0.490. The number of nitro benzene ring substituents is 1. The molecular weight excluding hydrogens is 324 g/mol. The first-order valence-electron chi connectivity index (χ1n) is 6.70. The van der Waals surface area contributed by atoms with E-state index in [0.717, 1.165) is 6.07 Å². The lowest BCUT2D eigenvalue weighted by Gasteiger charge is -2.07. The smallest absolute Gasteiger partial charge is 0.270 e. The Hall–Kier alpha value is -2.33. The van der Waals surface area contributed by atoms with Crippen LogP contribution in [0, 0.1) is 16.0 Å². The molecule has 126 valence electrons. The van der Waals surface area contributed by atoms with Crippen molar-refractivity contribution in [2.45, 2.75) is 25.7 Å². The molecule has 1 amide bonds. The summed E-state index contributed by atoms with van der Waals surface area (Å²) in [4.78, 5) is 21.2. The summed E-state index contributed by atoms with van der Waals surface area (Å²) in [6.45, 7) is 5.00. The lowest BCUT2D eigenvalue weighted by Crippen LogP contribution is -2.35. The van der Waals surface area contributed by atoms with E-state index in [1.807, 2.05) is 13.8 Å². The lowest BCUT2D eigenvalue weighted by molar-refractivity contribution is -0.385. The van der Waals surface area contributed by atoms with Gasteiger partial charge in [0.15, 0.2) is 0 Å². The molecule has 1 aromatic carbocycles. The number of benzene rings is 1. The quantitative estimate of drug-likeness (QED) is 0.434. The average molecular weight is 342 g/mol. The maximum absolute atomic E-state index is 12.0. The molecule has 0 radical (unpaired) electrons. The molecule has 0 unspecified atom stereocenters. The van der Waals surface area contributed by atoms with Crippen molar-refractivity contribution in [1.82, 2.24) is 10.1 Å². The number of carbonyl (C=O) groups is 1. The zero-order valence-electron chi connectivity index (χ0n) is 12.9. The van der Waals surface area contributed by atoms with Gasteiger partial charge in [-0.3, -0.25) is 14.9 Å². The molecule has 0 saturated carbocycles. The van der Waals surface area contributed by atoms with Crippen molar-refractivity contribution < 1.29 is 18.1 Å². The molecule has 2 N–H and O–H groups in total. The number of carbonyl (C=O) groups excluding carboxylic acids is 1. The molecule has 0 fully saturated rings. The fourth-order valence-corrected chi connectivity index (χ4v) is 2.35. The predicted molar refractivity (Wildman–Crippen MR) is 84.4 cm³/mol. The zero-order valence-corrected chi connectivity index (χ0v) is 13.8. The molecule has 23 heavy (non-hydrogen) atoms. The second-order valence-corrected chi connectivity index (χ2v) is 6.79. The SMILES string of the molecule is C/C(=N\NC(=O)CNS(=O)(=O)c1cccc([N+](=O)[O-])c1)C(C)C. The number of non-ortho nitro benzene ring substituents is 1. The summed E-state index contributed by atoms with van der Waals surface area (Å²) in [5.41, 5.74) is 2.57. The van der Waals surface area contributed by atoms with Crippen LogP contribution in [0.1, 0.15) is 20.8 Å². The van der Waals surface area contributed by atoms with Gasteiger partial charge >= 0.3 is 0 Å². The molecule has 10 heteroatoms. The molecule has 0 bridgehead atoms. The van der Waals surface area contributed by atoms with Gasteiger partial charge in [0.2, 0.25) is 10.0 Å². The Balaban J connectivity index is 2.73. The Morgan fingerprint density at radius 1 is 1.39 bits per heavy atom. The molecule has 0 heterocycles. The first-order chi connectivity index (χ1) is 10.6. The van der Waals surface area contributed by atoms with Gasteiger partial charge < -0.3 is 0 Å². The van der Waals surface area contributed by atoms with Crippen LogP contribution in [0.2, 0.25) is 0 Å². The number of hydrazone groups is 1. The van der Waals surface area contributed by atoms with E-state index >= 15 is 0 Å². The average Bonchev–Trinajstić information content (AvgIpc) is 2.50. The third kappa shape index (κ3) is 5.75. The fourth-order valence-electron chi connectivity index (χ4n) is 1.33. The molecule has 0 spiro atoms. The van der Waals surface area contributed by atoms with Gasteiger partial charge in [0, 0.05) is 17.8 Å². The highest BCUT2D eigenvalue weighted by Crippen LogP contribution is 2.16. The highest BCUT2D eigenvalue weighted by atomic mass is 32.2. The van der Waals surface area contributed by atoms with E-state index < -0.39 is 27.4 Å². The molecule has 0 aliphatic carbocycles. The van der Waals surface area contributed by atoms with E-state index in [-0.39, 0.29) is 16.5 Å². The summed E-state index contributed by atoms with van der Waals surface area (Å²) in [6, 6.07) is 4.55. The Bertz CT molecular complexity index is 728. The molecular formula is C13H18N4O5S. The molecule has 1 aromatic rings. The van der Waals surface area contributed by atoms with Crippen LogP contribution in [0.15, 0.2) is 34.3 Å². The van der Waals surface area contributed by atoms with Gasteiger partial charge in [-0.15, -0.1) is 0 Å². The molecule has 0 aromatic heterocycles. The minimum absolute atomic E-state index is 0.150. The minimum Gasteiger partial charge on any atom is -0.272 e. The second kappa shape index (κ2) is 7.79. The third-order valence-corrected chi connectivity index (χ3v) is 4.35. The maximum Gasteiger partial charge on any atom is 0.270 e. The number of hydrogen-bond acceptors (Lipinski definition) is 6. The standard InChI is InChI=1S/C13H18N4O5S/c1-9(2)10(3)15-16-13(18)8-14-23(21,22)12-6-4-5-11(7-12)17(19)20/h4-7,9,14H,8H2,1-3H3,(H,16,18)/b15-10+. The number of nitrogens with one attached hydrogen (secondary N) is 2. The van der Waals surface area contributed by atoms with Crippen LogP contribution < -0.4 is 10.1 Å². The van der Waals surface area contributed by atoms with Crippen molar-refractivity contribution in [3.05, 3.63) is 34.4 Å². The molecule has 9 nitrogen and oxygen atoms in total. The Kier molecular flexibility index (Phi) is 6.34. The van der Waals surface area contributed by atoms with Crippen LogP contribution in [0.3, 0.4) is 0 Å². The second-order valence-electron chi connectivity index (χ2n) is 5.02. The number of sulfonamides is 1. The lowest BCUT2D eigenvalue weighted by atomic mass is 10.1. The predicted octanol–water partition coefficient (Wildman–Crippen LogP) is 1.02. The zero-order chi connectivity index (χ0) is 17.6. The molecule has 0 atom stereocenters. The van der Waals surface area contributed by atoms with Crippen molar-refractivity contribution in [2.24, 2.45) is 11.0 Å². The van der Waals surface area contributed by atoms with Crippen LogP contribution in [0.4, 0.5) is 5.69 Å². The Labute approximate surface area is 134 Å². The monoisotopic (exact) mass is 342 g/mol. The summed E-state index contributed by atoms with van der Waals surface area (Å²) in [6.07, 6.45) is 0. The summed E-state index contributed by atoms with van der Waals surface area (Å²) >= 11 is 0. The molecule has 0 aliphatic rings. The van der Waals surface area contributed by atoms with Crippen molar-refractivity contribution in [1.29, 1.82) is 0 Å². The van der Waals surface area contributed by atoms with Gasteiger partial charge in [0.25, 0.3) is 11.6 Å². The van der Waals surface area contributed by atoms with E-state index in [2.05, 4.69) is 15.2 Å². The number of hydrogen-bond donors (Lipinski definition) is 2. The first-order valence-corrected chi connectivity index (χ1v) is 8.19. The van der Waals surface area contributed by atoms with Gasteiger partial charge in [0.1, 0.15) is 0 Å². The van der Waals surface area contributed by atoms with Crippen molar-refractivity contribution in [3.8, 4) is 0 Å². The summed E-state index contributed by atoms with van der Waals surface area (Å²) < 4.78 is 26.1. The van der Waals surface area contributed by atoms with E-state index in [1.165, 1.54) is 18.2 Å². The largest absolute Gasteiger partial charge is 0.272 e. The van der Waals surface area contributed by atoms with Gasteiger partial charge in [-0.05, 0) is 18.9 Å². The normalized spacial score (nSPS) is 12.3. The number of nitro groups is 1. The number of rotatable bonds is 7. The number of amides is 1. The molecule has 0 saturated heterocycles. The highest BCUT2D eigenvalue weighted by molar-refractivity contribution is 7.89. The van der Waals surface area contributed by atoms with Crippen LogP contribution >= 0.6 is 0 Å². The van der Waals surface area contributed by atoms with E-state index in [1.54, 1.807) is 6.92 Å². The van der Waals surface area contributed by atoms with Gasteiger partial charge in [-0.1, -0.05) is 19.9 Å². The Morgan fingerprint density at radius 2 is 2.04 bits per heavy atom. The number of nitrogens with zero attached hydrogens (tertiary/aromatic N) is 2. The van der Waals surface area contributed by atoms with Crippen molar-refractivity contribution >= 4 is 27.3 Å². The van der Waals surface area contributed by atoms with Gasteiger partial charge in [-0.25, -0.2) is 18.6 Å². The molecule has 0 aliphatic heterocycles. The van der Waals surface area contributed by atoms with Crippen LogP contribution in [-0.4, -0.2) is 31.5 Å². The minimum atomic E-state index is -4.03. The van der Waals surface area contributed by atoms with E-state index in [4.69, 9.17) is 0 Å². The highest BCUT2D eigenvalue weighted by Gasteiger charge is 2.18. The topological polar surface area (TPSA) is 131 Å². The Morgan fingerprint density at radius 3 is 2.61 bits per heavy atom. The summed E-state index contributed by atoms with van der Waals surface area (Å²) in [7, 11) is -4.03. The van der Waals surface area contributed by atoms with Gasteiger partial charge in [0.05, 0.1) is 16.4 Å². The molecule has 1 rings (SSSR count). The van der Waals surface area contributed by atoms with Crippen LogP contribution in [0.25, 0.3) is 0 Å². The van der Waals surface area contributed by atoms with Crippen molar-refractivity contribution in [2.75, 3.05) is 6.54 Å². The van der Waals surface area contributed by atoms with Crippen LogP contribution in [-0.2, 0) is 14.8 Å². The maximum atomic E-state index is 12.0. The summed E-state index contributed by atoms with van der Waals surface area (Å²) in [5, 5.41) is 14.5. The van der Waals surface area contributed by atoms with Crippen molar-refractivity contribution in [3.63, 3.8) is 0 Å².